The molecule has 1 heterocycles. The van der Waals surface area contributed by atoms with Crippen molar-refractivity contribution < 1.29 is 18.0 Å². The van der Waals surface area contributed by atoms with Gasteiger partial charge in [0.05, 0.1) is 10.6 Å². The minimum atomic E-state index is -4.40. The van der Waals surface area contributed by atoms with Gasteiger partial charge >= 0.3 is 6.18 Å². The summed E-state index contributed by atoms with van der Waals surface area (Å²) in [5.41, 5.74) is 5.41. The zero-order chi connectivity index (χ0) is 13.9. The predicted molar refractivity (Wildman–Crippen MR) is 62.6 cm³/mol. The molecule has 1 aromatic rings. The van der Waals surface area contributed by atoms with E-state index < -0.39 is 12.7 Å². The van der Waals surface area contributed by atoms with Crippen molar-refractivity contribution in [1.29, 1.82) is 5.26 Å². The number of anilines is 2. The number of nitrogens with one attached hydrogen (secondary N) is 1. The summed E-state index contributed by atoms with van der Waals surface area (Å²) >= 11 is 0.776. The average Bonchev–Trinajstić information content (AvgIpc) is 2.61. The lowest BCUT2D eigenvalue weighted by atomic mass is 10.2. The zero-order valence-corrected chi connectivity index (χ0v) is 10.2. The lowest BCUT2D eigenvalue weighted by Crippen LogP contribution is -2.21. The third-order valence-corrected chi connectivity index (χ3v) is 3.29. The Balaban J connectivity index is 3.06. The molecule has 1 aromatic heterocycles. The van der Waals surface area contributed by atoms with Crippen LogP contribution in [-0.2, 0) is 0 Å². The van der Waals surface area contributed by atoms with Crippen LogP contribution in [0.25, 0.3) is 0 Å². The molecule has 0 fully saturated rings. The van der Waals surface area contributed by atoms with Gasteiger partial charge in [0.2, 0.25) is 0 Å². The van der Waals surface area contributed by atoms with Crippen molar-refractivity contribution in [1.82, 2.24) is 0 Å². The summed E-state index contributed by atoms with van der Waals surface area (Å²) in [6.45, 7) is 0.331. The molecule has 0 bridgehead atoms. The van der Waals surface area contributed by atoms with Crippen molar-refractivity contribution in [2.24, 2.45) is 0 Å². The highest BCUT2D eigenvalue weighted by atomic mass is 32.1. The van der Waals surface area contributed by atoms with Gasteiger partial charge in [0, 0.05) is 6.42 Å². The monoisotopic (exact) mass is 277 g/mol. The number of carbonyl (C=O) groups is 1. The van der Waals surface area contributed by atoms with E-state index in [1.54, 1.807) is 13.0 Å². The molecule has 0 saturated heterocycles. The predicted octanol–water partition coefficient (Wildman–Crippen LogP) is 2.77. The average molecular weight is 277 g/mol. The Morgan fingerprint density at radius 3 is 2.61 bits per heavy atom. The van der Waals surface area contributed by atoms with E-state index in [0.717, 1.165) is 11.3 Å². The van der Waals surface area contributed by atoms with Gasteiger partial charge in [-0.3, -0.25) is 4.79 Å². The molecule has 1 rings (SSSR count). The maximum atomic E-state index is 12.1. The van der Waals surface area contributed by atoms with Gasteiger partial charge in [0.15, 0.2) is 5.78 Å². The molecule has 3 N–H and O–H groups in total. The first-order valence-corrected chi connectivity index (χ1v) is 5.78. The minimum Gasteiger partial charge on any atom is -0.396 e. The molecule has 0 aliphatic rings. The Hall–Kier alpha value is -1.75. The maximum absolute atomic E-state index is 12.1. The molecule has 0 aliphatic carbocycles. The number of Topliss-reactive ketones (excluding diaryl/α,β-unsaturated/α-hetero) is 1. The van der Waals surface area contributed by atoms with Gasteiger partial charge in [0.1, 0.15) is 23.2 Å². The van der Waals surface area contributed by atoms with Crippen molar-refractivity contribution in [3.63, 3.8) is 0 Å². The van der Waals surface area contributed by atoms with E-state index in [2.05, 4.69) is 5.32 Å². The van der Waals surface area contributed by atoms with Crippen molar-refractivity contribution >= 4 is 27.8 Å². The van der Waals surface area contributed by atoms with Gasteiger partial charge in [-0.2, -0.15) is 18.4 Å². The van der Waals surface area contributed by atoms with Crippen LogP contribution in [0, 0.1) is 11.3 Å². The fraction of sp³-hybridized carbons (Fsp3) is 0.400. The molecule has 0 atom stereocenters. The molecule has 98 valence electrons. The van der Waals surface area contributed by atoms with Gasteiger partial charge in [-0.15, -0.1) is 11.3 Å². The summed E-state index contributed by atoms with van der Waals surface area (Å²) < 4.78 is 36.2. The zero-order valence-electron chi connectivity index (χ0n) is 9.39. The molecule has 0 amide bonds. The van der Waals surface area contributed by atoms with Gasteiger partial charge in [-0.25, -0.2) is 0 Å². The molecule has 18 heavy (non-hydrogen) atoms. The van der Waals surface area contributed by atoms with Crippen LogP contribution in [-0.4, -0.2) is 18.5 Å². The molecular formula is C10H10F3N3OS. The van der Waals surface area contributed by atoms with Crippen molar-refractivity contribution in [2.45, 2.75) is 19.5 Å². The molecular weight excluding hydrogens is 267 g/mol. The van der Waals surface area contributed by atoms with Crippen molar-refractivity contribution in [2.75, 3.05) is 17.6 Å². The summed E-state index contributed by atoms with van der Waals surface area (Å²) in [4.78, 5) is 11.6. The largest absolute Gasteiger partial charge is 0.405 e. The number of hydrogen-bond acceptors (Lipinski definition) is 5. The molecule has 4 nitrogen and oxygen atoms in total. The molecule has 0 radical (unpaired) electrons. The number of alkyl halides is 3. The van der Waals surface area contributed by atoms with E-state index in [1.165, 1.54) is 0 Å². The molecule has 0 unspecified atom stereocenters. The van der Waals surface area contributed by atoms with E-state index in [4.69, 9.17) is 11.0 Å². The van der Waals surface area contributed by atoms with Crippen LogP contribution in [0.5, 0.6) is 0 Å². The highest BCUT2D eigenvalue weighted by Crippen LogP contribution is 2.36. The van der Waals surface area contributed by atoms with E-state index in [0.29, 0.717) is 0 Å². The molecule has 0 aliphatic heterocycles. The quantitative estimate of drug-likeness (QED) is 0.829. The van der Waals surface area contributed by atoms with Crippen LogP contribution in [0.1, 0.15) is 28.6 Å². The Morgan fingerprint density at radius 2 is 2.17 bits per heavy atom. The number of carbonyl (C=O) groups excluding carboxylic acids is 1. The van der Waals surface area contributed by atoms with Crippen molar-refractivity contribution in [3.05, 3.63) is 10.4 Å². The van der Waals surface area contributed by atoms with Gasteiger partial charge in [-0.1, -0.05) is 6.92 Å². The van der Waals surface area contributed by atoms with Crippen LogP contribution in [0.4, 0.5) is 23.9 Å². The second kappa shape index (κ2) is 5.27. The number of nitriles is 1. The van der Waals surface area contributed by atoms with E-state index in [1.807, 2.05) is 0 Å². The smallest absolute Gasteiger partial charge is 0.396 e. The van der Waals surface area contributed by atoms with Crippen molar-refractivity contribution in [3.8, 4) is 6.07 Å². The van der Waals surface area contributed by atoms with Gasteiger partial charge in [0.25, 0.3) is 0 Å². The lowest BCUT2D eigenvalue weighted by Gasteiger charge is -2.07. The maximum Gasteiger partial charge on any atom is 0.405 e. The minimum absolute atomic E-state index is 0.0240. The van der Waals surface area contributed by atoms with Crippen LogP contribution in [0.2, 0.25) is 0 Å². The first-order chi connectivity index (χ1) is 8.30. The third-order valence-electron chi connectivity index (χ3n) is 2.08. The summed E-state index contributed by atoms with van der Waals surface area (Å²) in [6.07, 6.45) is -4.23. The number of nitrogens with two attached hydrogens (primary N) is 1. The Labute approximate surface area is 105 Å². The standard InChI is InChI=1S/C10H10F3N3OS/c1-2-6(17)8-7(15)5(3-14)9(18-8)16-4-10(11,12)13/h16H,2,4,15H2,1H3. The van der Waals surface area contributed by atoms with Crippen LogP contribution >= 0.6 is 11.3 Å². The Bertz CT molecular complexity index is 502. The number of ketones is 1. The van der Waals surface area contributed by atoms with Crippen LogP contribution in [0.15, 0.2) is 0 Å². The van der Waals surface area contributed by atoms with E-state index in [9.17, 15) is 18.0 Å². The first kappa shape index (κ1) is 14.3. The fourth-order valence-corrected chi connectivity index (χ4v) is 2.30. The second-order valence-corrected chi connectivity index (χ2v) is 4.43. The lowest BCUT2D eigenvalue weighted by molar-refractivity contribution is -0.115. The molecule has 0 spiro atoms. The summed E-state index contributed by atoms with van der Waals surface area (Å²) in [7, 11) is 0. The highest BCUT2D eigenvalue weighted by molar-refractivity contribution is 7.19. The summed E-state index contributed by atoms with van der Waals surface area (Å²) in [5, 5.41) is 10.9. The Morgan fingerprint density at radius 1 is 1.56 bits per heavy atom. The number of nitrogens with zero attached hydrogens (tertiary/aromatic N) is 1. The SMILES string of the molecule is CCC(=O)c1sc(NCC(F)(F)F)c(C#N)c1N. The fourth-order valence-electron chi connectivity index (χ4n) is 1.23. The Kier molecular flexibility index (Phi) is 4.19. The molecule has 8 heteroatoms. The van der Waals surface area contributed by atoms with Crippen LogP contribution in [0.3, 0.4) is 0 Å². The topological polar surface area (TPSA) is 78.9 Å². The highest BCUT2D eigenvalue weighted by Gasteiger charge is 2.28. The normalized spacial score (nSPS) is 11.1. The number of thiophene rings is 1. The molecule has 0 aromatic carbocycles. The first-order valence-electron chi connectivity index (χ1n) is 4.96. The second-order valence-electron chi connectivity index (χ2n) is 3.41. The van der Waals surface area contributed by atoms with Crippen LogP contribution < -0.4 is 11.1 Å². The van der Waals surface area contributed by atoms with Gasteiger partial charge < -0.3 is 11.1 Å². The number of hydrogen-bond donors (Lipinski definition) is 2. The third kappa shape index (κ3) is 3.13. The van der Waals surface area contributed by atoms with Gasteiger partial charge in [-0.05, 0) is 0 Å². The number of halogens is 3. The molecule has 0 saturated carbocycles. The summed E-state index contributed by atoms with van der Waals surface area (Å²) in [6, 6.07) is 1.70. The number of rotatable bonds is 4. The van der Waals surface area contributed by atoms with E-state index >= 15 is 0 Å². The van der Waals surface area contributed by atoms with E-state index in [-0.39, 0.29) is 33.3 Å². The summed E-state index contributed by atoms with van der Waals surface area (Å²) in [5.74, 6) is -0.297. The number of nitrogen functional groups attached to an aromatic ring is 1.